The molecule has 0 aromatic rings. The van der Waals surface area contributed by atoms with Crippen LogP contribution in [0.3, 0.4) is 0 Å². The van der Waals surface area contributed by atoms with Crippen LogP contribution in [-0.4, -0.2) is 23.5 Å². The third kappa shape index (κ3) is 3.85. The Labute approximate surface area is 58.4 Å². The van der Waals surface area contributed by atoms with Crippen LogP contribution in [0.4, 0.5) is 0 Å². The molecule has 3 N–H and O–H groups in total. The fraction of sp³-hybridized carbons (Fsp3) is 0.600. The maximum atomic E-state index is 10.4. The fourth-order valence-electron chi connectivity index (χ4n) is 0.267. The summed E-state index contributed by atoms with van der Waals surface area (Å²) in [6.07, 6.45) is 0.297. The number of hydrogen-bond acceptors (Lipinski definition) is 3. The minimum absolute atomic E-state index is 0.290. The highest BCUT2D eigenvalue weighted by molar-refractivity contribution is 5.82. The zero-order valence-electron chi connectivity index (χ0n) is 5.68. The summed E-state index contributed by atoms with van der Waals surface area (Å²) in [5, 5.41) is 8.16. The summed E-state index contributed by atoms with van der Waals surface area (Å²) in [5.74, 6) is -0.913. The third-order valence-electron chi connectivity index (χ3n) is 0.806. The lowest BCUT2D eigenvalue weighted by atomic mass is 10.5. The molecule has 58 valence electrons. The van der Waals surface area contributed by atoms with Crippen molar-refractivity contribution in [3.8, 4) is 0 Å². The highest BCUT2D eigenvalue weighted by atomic mass is 16.3. The summed E-state index contributed by atoms with van der Waals surface area (Å²) in [5.41, 5.74) is 4.08. The quantitative estimate of drug-likeness (QED) is 0.416. The number of aliphatic hydroxyl groups excluding tert-OH is 1. The number of aliphatic hydroxyl groups is 1. The lowest BCUT2D eigenvalue weighted by Gasteiger charge is -2.02. The molecule has 0 aliphatic rings. The molecule has 0 bridgehead atoms. The molecule has 0 rings (SSSR count). The van der Waals surface area contributed by atoms with Crippen molar-refractivity contribution in [2.75, 3.05) is 6.61 Å². The van der Waals surface area contributed by atoms with Crippen LogP contribution in [-0.2, 0) is 9.59 Å². The molecule has 5 nitrogen and oxygen atoms in total. The van der Waals surface area contributed by atoms with E-state index in [9.17, 15) is 9.59 Å². The van der Waals surface area contributed by atoms with Gasteiger partial charge >= 0.3 is 0 Å². The van der Waals surface area contributed by atoms with E-state index in [4.69, 9.17) is 5.11 Å². The topological polar surface area (TPSA) is 78.4 Å². The van der Waals surface area contributed by atoms with Gasteiger partial charge in [0.05, 0.1) is 0 Å². The number of nitrogens with one attached hydrogen (secondary N) is 2. The average molecular weight is 146 g/mol. The number of hydrogen-bond donors (Lipinski definition) is 3. The van der Waals surface area contributed by atoms with Gasteiger partial charge in [0.2, 0.25) is 5.91 Å². The number of hydrazine groups is 1. The number of carbonyl (C=O) groups is 2. The lowest BCUT2D eigenvalue weighted by Crippen LogP contribution is -2.42. The summed E-state index contributed by atoms with van der Waals surface area (Å²) in [6.45, 7) is 1.03. The van der Waals surface area contributed by atoms with Gasteiger partial charge in [-0.25, -0.2) is 0 Å². The van der Waals surface area contributed by atoms with Gasteiger partial charge in [-0.2, -0.15) is 0 Å². The molecule has 0 atom stereocenters. The van der Waals surface area contributed by atoms with Gasteiger partial charge in [-0.1, -0.05) is 6.92 Å². The first-order valence-electron chi connectivity index (χ1n) is 2.89. The Kier molecular flexibility index (Phi) is 4.23. The van der Waals surface area contributed by atoms with E-state index in [1.165, 1.54) is 0 Å². The van der Waals surface area contributed by atoms with Crippen molar-refractivity contribution < 1.29 is 14.7 Å². The first-order valence-corrected chi connectivity index (χ1v) is 2.89. The summed E-state index contributed by atoms with van der Waals surface area (Å²) in [4.78, 5) is 20.7. The molecule has 0 aromatic heterocycles. The molecule has 0 aliphatic carbocycles. The predicted molar refractivity (Wildman–Crippen MR) is 33.7 cm³/mol. The van der Waals surface area contributed by atoms with Gasteiger partial charge in [-0.05, 0) is 0 Å². The molecular formula is C5H10N2O3. The molecule has 0 saturated carbocycles. The molecule has 0 saturated heterocycles. The van der Waals surface area contributed by atoms with Crippen LogP contribution in [0.1, 0.15) is 13.3 Å². The van der Waals surface area contributed by atoms with E-state index >= 15 is 0 Å². The summed E-state index contributed by atoms with van der Waals surface area (Å²) in [7, 11) is 0. The van der Waals surface area contributed by atoms with E-state index in [2.05, 4.69) is 5.43 Å². The van der Waals surface area contributed by atoms with Gasteiger partial charge in [-0.3, -0.25) is 20.4 Å². The Morgan fingerprint density at radius 3 is 2.20 bits per heavy atom. The standard InChI is InChI=1S/C5H10N2O3/c1-2-4(9)6-7-5(10)3-8/h8H,2-3H2,1H3,(H,6,9)(H,7,10). The van der Waals surface area contributed by atoms with Crippen molar-refractivity contribution in [1.82, 2.24) is 10.9 Å². The van der Waals surface area contributed by atoms with Gasteiger partial charge in [-0.15, -0.1) is 0 Å². The van der Waals surface area contributed by atoms with Crippen molar-refractivity contribution in [1.29, 1.82) is 0 Å². The minimum atomic E-state index is -0.623. The molecule has 5 heteroatoms. The largest absolute Gasteiger partial charge is 0.386 e. The van der Waals surface area contributed by atoms with Gasteiger partial charge in [0.25, 0.3) is 5.91 Å². The molecule has 2 amide bonds. The zero-order valence-corrected chi connectivity index (χ0v) is 5.68. The van der Waals surface area contributed by atoms with E-state index in [1.54, 1.807) is 6.92 Å². The molecule has 0 heterocycles. The fourth-order valence-corrected chi connectivity index (χ4v) is 0.267. The van der Waals surface area contributed by atoms with Crippen molar-refractivity contribution >= 4 is 11.8 Å². The van der Waals surface area contributed by atoms with E-state index in [-0.39, 0.29) is 5.91 Å². The van der Waals surface area contributed by atoms with Crippen molar-refractivity contribution in [2.24, 2.45) is 0 Å². The van der Waals surface area contributed by atoms with E-state index in [0.29, 0.717) is 6.42 Å². The van der Waals surface area contributed by atoms with Gasteiger partial charge in [0.15, 0.2) is 0 Å². The molecular weight excluding hydrogens is 136 g/mol. The van der Waals surface area contributed by atoms with Crippen LogP contribution in [0.5, 0.6) is 0 Å². The summed E-state index contributed by atoms with van der Waals surface area (Å²) >= 11 is 0. The van der Waals surface area contributed by atoms with Gasteiger partial charge in [0, 0.05) is 6.42 Å². The second-order valence-corrected chi connectivity index (χ2v) is 1.61. The SMILES string of the molecule is CCC(=O)NNC(=O)CO. The monoisotopic (exact) mass is 146 g/mol. The van der Waals surface area contributed by atoms with E-state index in [0.717, 1.165) is 0 Å². The lowest BCUT2D eigenvalue weighted by molar-refractivity contribution is -0.130. The van der Waals surface area contributed by atoms with Crippen molar-refractivity contribution in [3.63, 3.8) is 0 Å². The van der Waals surface area contributed by atoms with Crippen LogP contribution < -0.4 is 10.9 Å². The molecule has 0 aliphatic heterocycles. The van der Waals surface area contributed by atoms with Crippen LogP contribution in [0, 0.1) is 0 Å². The Bertz CT molecular complexity index is 119. The average Bonchev–Trinajstić information content (AvgIpc) is 1.99. The second kappa shape index (κ2) is 4.75. The van der Waals surface area contributed by atoms with E-state index < -0.39 is 12.5 Å². The van der Waals surface area contributed by atoms with Crippen LogP contribution in [0.2, 0.25) is 0 Å². The number of carbonyl (C=O) groups excluding carboxylic acids is 2. The summed E-state index contributed by atoms with van der Waals surface area (Å²) < 4.78 is 0. The van der Waals surface area contributed by atoms with Gasteiger partial charge in [0.1, 0.15) is 6.61 Å². The maximum Gasteiger partial charge on any atom is 0.264 e. The molecule has 10 heavy (non-hydrogen) atoms. The number of amides is 2. The third-order valence-corrected chi connectivity index (χ3v) is 0.806. The molecule has 0 aromatic carbocycles. The zero-order chi connectivity index (χ0) is 7.98. The molecule has 0 unspecified atom stereocenters. The smallest absolute Gasteiger partial charge is 0.264 e. The van der Waals surface area contributed by atoms with Crippen molar-refractivity contribution in [2.45, 2.75) is 13.3 Å². The van der Waals surface area contributed by atoms with Gasteiger partial charge < -0.3 is 5.11 Å². The Hall–Kier alpha value is -1.10. The first kappa shape index (κ1) is 8.90. The highest BCUT2D eigenvalue weighted by Gasteiger charge is 1.98. The minimum Gasteiger partial charge on any atom is -0.386 e. The predicted octanol–water partition coefficient (Wildman–Crippen LogP) is -1.46. The van der Waals surface area contributed by atoms with Crippen molar-refractivity contribution in [3.05, 3.63) is 0 Å². The maximum absolute atomic E-state index is 10.4. The Morgan fingerprint density at radius 1 is 1.30 bits per heavy atom. The normalized spacial score (nSPS) is 8.60. The van der Waals surface area contributed by atoms with E-state index in [1.807, 2.05) is 5.43 Å². The van der Waals surface area contributed by atoms with Crippen LogP contribution in [0.15, 0.2) is 0 Å². The summed E-state index contributed by atoms with van der Waals surface area (Å²) in [6, 6.07) is 0. The Morgan fingerprint density at radius 2 is 1.80 bits per heavy atom. The van der Waals surface area contributed by atoms with Crippen LogP contribution >= 0.6 is 0 Å². The second-order valence-electron chi connectivity index (χ2n) is 1.61. The van der Waals surface area contributed by atoms with Crippen LogP contribution in [0.25, 0.3) is 0 Å². The molecule has 0 fully saturated rings. The molecule has 0 spiro atoms. The first-order chi connectivity index (χ1) is 4.70. The number of rotatable bonds is 2. The highest BCUT2D eigenvalue weighted by Crippen LogP contribution is 1.70. The molecule has 0 radical (unpaired) electrons. The Balaban J connectivity index is 3.35.